The summed E-state index contributed by atoms with van der Waals surface area (Å²) in [5.74, 6) is -0.208. The molecule has 0 aromatic heterocycles. The molecule has 0 N–H and O–H groups in total. The highest BCUT2D eigenvalue weighted by Gasteiger charge is 2.17. The van der Waals surface area contributed by atoms with Crippen molar-refractivity contribution in [3.8, 4) is 6.07 Å². The molecule has 3 heteroatoms. The van der Waals surface area contributed by atoms with Gasteiger partial charge in [-0.15, -0.1) is 0 Å². The van der Waals surface area contributed by atoms with Crippen molar-refractivity contribution in [1.29, 1.82) is 5.26 Å². The number of benzene rings is 2. The van der Waals surface area contributed by atoms with Gasteiger partial charge in [0.25, 0.3) is 0 Å². The molecule has 0 aliphatic heterocycles. The summed E-state index contributed by atoms with van der Waals surface area (Å²) in [6.45, 7) is 3.98. The first-order valence-electron chi connectivity index (χ1n) is 6.64. The Hall–Kier alpha value is -1.92. The lowest BCUT2D eigenvalue weighted by molar-refractivity contribution is 0.680. The average Bonchev–Trinajstić information content (AvgIpc) is 2.49. The number of hydrogen-bond acceptors (Lipinski definition) is 2. The molecule has 0 spiro atoms. The van der Waals surface area contributed by atoms with Gasteiger partial charge in [-0.05, 0) is 37.1 Å². The molecule has 2 atom stereocenters. The van der Waals surface area contributed by atoms with Crippen molar-refractivity contribution in [3.63, 3.8) is 0 Å². The van der Waals surface area contributed by atoms with Crippen LogP contribution >= 0.6 is 0 Å². The van der Waals surface area contributed by atoms with E-state index in [-0.39, 0.29) is 5.92 Å². The highest BCUT2D eigenvalue weighted by molar-refractivity contribution is 7.85. The van der Waals surface area contributed by atoms with Crippen molar-refractivity contribution < 1.29 is 4.21 Å². The normalized spacial score (nSPS) is 13.4. The fourth-order valence-corrected chi connectivity index (χ4v) is 3.37. The maximum Gasteiger partial charge on any atom is 0.0852 e. The van der Waals surface area contributed by atoms with Gasteiger partial charge in [0.05, 0.1) is 22.8 Å². The van der Waals surface area contributed by atoms with Crippen LogP contribution in [0.15, 0.2) is 58.3 Å². The second kappa shape index (κ2) is 6.49. The van der Waals surface area contributed by atoms with Crippen LogP contribution < -0.4 is 0 Å². The van der Waals surface area contributed by atoms with Gasteiger partial charge in [-0.25, -0.2) is 4.21 Å². The van der Waals surface area contributed by atoms with Gasteiger partial charge in [0, 0.05) is 9.79 Å². The summed E-state index contributed by atoms with van der Waals surface area (Å²) in [5.41, 5.74) is 2.01. The van der Waals surface area contributed by atoms with E-state index in [9.17, 15) is 9.47 Å². The van der Waals surface area contributed by atoms with Crippen LogP contribution in [-0.2, 0) is 10.8 Å². The third kappa shape index (κ3) is 2.97. The number of hydrogen-bond donors (Lipinski definition) is 0. The summed E-state index contributed by atoms with van der Waals surface area (Å²) in [7, 11) is -1.24. The summed E-state index contributed by atoms with van der Waals surface area (Å²) in [6.07, 6.45) is 0.721. The van der Waals surface area contributed by atoms with Crippen molar-refractivity contribution >= 4 is 10.8 Å². The standard InChI is InChI=1S/C17H17NOS/c1-3-14(12-18)16-6-4-5-7-17(16)20(19)15-10-8-13(2)9-11-15/h4-11,14H,3H2,1-2H3. The topological polar surface area (TPSA) is 40.9 Å². The molecule has 0 amide bonds. The molecule has 0 bridgehead atoms. The summed E-state index contributed by atoms with van der Waals surface area (Å²) in [4.78, 5) is 1.51. The van der Waals surface area contributed by atoms with Crippen LogP contribution in [0.1, 0.15) is 30.4 Å². The first kappa shape index (κ1) is 14.5. The van der Waals surface area contributed by atoms with Gasteiger partial charge in [0.2, 0.25) is 0 Å². The Labute approximate surface area is 122 Å². The molecule has 2 rings (SSSR count). The van der Waals surface area contributed by atoms with Gasteiger partial charge in [-0.3, -0.25) is 0 Å². The van der Waals surface area contributed by atoms with Crippen molar-refractivity contribution in [1.82, 2.24) is 0 Å². The summed E-state index contributed by atoms with van der Waals surface area (Å²) in [5, 5.41) is 9.24. The second-order valence-corrected chi connectivity index (χ2v) is 6.16. The quantitative estimate of drug-likeness (QED) is 0.844. The molecule has 0 heterocycles. The molecule has 0 saturated carbocycles. The monoisotopic (exact) mass is 283 g/mol. The van der Waals surface area contributed by atoms with Crippen LogP contribution in [-0.4, -0.2) is 4.21 Å². The van der Waals surface area contributed by atoms with E-state index >= 15 is 0 Å². The minimum Gasteiger partial charge on any atom is -0.249 e. The molecule has 0 aliphatic rings. The first-order valence-corrected chi connectivity index (χ1v) is 7.79. The Kier molecular flexibility index (Phi) is 4.70. The molecule has 2 unspecified atom stereocenters. The summed E-state index contributed by atoms with van der Waals surface area (Å²) >= 11 is 0. The Morgan fingerprint density at radius 3 is 2.40 bits per heavy atom. The largest absolute Gasteiger partial charge is 0.249 e. The van der Waals surface area contributed by atoms with E-state index in [1.54, 1.807) is 0 Å². The molecular formula is C17H17NOS. The molecule has 2 nitrogen and oxygen atoms in total. The van der Waals surface area contributed by atoms with Crippen molar-refractivity contribution in [2.24, 2.45) is 0 Å². The molecule has 0 aliphatic carbocycles. The average molecular weight is 283 g/mol. The van der Waals surface area contributed by atoms with Gasteiger partial charge in [-0.2, -0.15) is 5.26 Å². The molecule has 2 aromatic rings. The molecule has 0 radical (unpaired) electrons. The Balaban J connectivity index is 2.45. The van der Waals surface area contributed by atoms with Crippen LogP contribution in [0, 0.1) is 18.3 Å². The zero-order valence-electron chi connectivity index (χ0n) is 11.7. The van der Waals surface area contributed by atoms with Crippen LogP contribution in [0.25, 0.3) is 0 Å². The van der Waals surface area contributed by atoms with E-state index in [2.05, 4.69) is 6.07 Å². The Bertz CT molecular complexity index is 655. The van der Waals surface area contributed by atoms with Gasteiger partial charge in [0.1, 0.15) is 0 Å². The number of rotatable bonds is 4. The fraction of sp³-hybridized carbons (Fsp3) is 0.235. The third-order valence-electron chi connectivity index (χ3n) is 3.29. The Morgan fingerprint density at radius 2 is 1.80 bits per heavy atom. The number of nitrogens with zero attached hydrogens (tertiary/aromatic N) is 1. The molecule has 0 fully saturated rings. The van der Waals surface area contributed by atoms with E-state index in [1.165, 1.54) is 0 Å². The Morgan fingerprint density at radius 1 is 1.15 bits per heavy atom. The smallest absolute Gasteiger partial charge is 0.0852 e. The zero-order valence-corrected chi connectivity index (χ0v) is 12.5. The minimum atomic E-state index is -1.24. The van der Waals surface area contributed by atoms with E-state index in [0.29, 0.717) is 0 Å². The predicted molar refractivity (Wildman–Crippen MR) is 80.9 cm³/mol. The van der Waals surface area contributed by atoms with Crippen LogP contribution in [0.5, 0.6) is 0 Å². The van der Waals surface area contributed by atoms with Gasteiger partial charge >= 0.3 is 0 Å². The predicted octanol–water partition coefficient (Wildman–Crippen LogP) is 4.18. The molecule has 0 saturated heterocycles. The van der Waals surface area contributed by atoms with Crippen LogP contribution in [0.2, 0.25) is 0 Å². The molecule has 2 aromatic carbocycles. The lowest BCUT2D eigenvalue weighted by atomic mass is 9.98. The first-order chi connectivity index (χ1) is 9.67. The van der Waals surface area contributed by atoms with E-state index in [1.807, 2.05) is 62.4 Å². The van der Waals surface area contributed by atoms with Crippen molar-refractivity contribution in [3.05, 3.63) is 59.7 Å². The molecule has 102 valence electrons. The van der Waals surface area contributed by atoms with Gasteiger partial charge < -0.3 is 0 Å². The summed E-state index contributed by atoms with van der Waals surface area (Å²) in [6, 6.07) is 17.5. The third-order valence-corrected chi connectivity index (χ3v) is 4.76. The second-order valence-electron chi connectivity index (χ2n) is 4.71. The highest BCUT2D eigenvalue weighted by atomic mass is 32.2. The maximum absolute atomic E-state index is 12.7. The molecular weight excluding hydrogens is 266 g/mol. The fourth-order valence-electron chi connectivity index (χ4n) is 2.11. The van der Waals surface area contributed by atoms with Gasteiger partial charge in [0.15, 0.2) is 0 Å². The van der Waals surface area contributed by atoms with Gasteiger partial charge in [-0.1, -0.05) is 42.8 Å². The van der Waals surface area contributed by atoms with E-state index in [0.717, 1.165) is 27.3 Å². The summed E-state index contributed by atoms with van der Waals surface area (Å²) < 4.78 is 12.7. The van der Waals surface area contributed by atoms with Crippen molar-refractivity contribution in [2.45, 2.75) is 36.0 Å². The number of aryl methyl sites for hydroxylation is 1. The van der Waals surface area contributed by atoms with E-state index in [4.69, 9.17) is 0 Å². The zero-order chi connectivity index (χ0) is 14.5. The van der Waals surface area contributed by atoms with Crippen LogP contribution in [0.4, 0.5) is 0 Å². The number of nitriles is 1. The lowest BCUT2D eigenvalue weighted by Gasteiger charge is -2.12. The SMILES string of the molecule is CCC(C#N)c1ccccc1S(=O)c1ccc(C)cc1. The lowest BCUT2D eigenvalue weighted by Crippen LogP contribution is -2.02. The van der Waals surface area contributed by atoms with E-state index < -0.39 is 10.8 Å². The van der Waals surface area contributed by atoms with Crippen molar-refractivity contribution in [2.75, 3.05) is 0 Å². The maximum atomic E-state index is 12.7. The van der Waals surface area contributed by atoms with Crippen LogP contribution in [0.3, 0.4) is 0 Å². The minimum absolute atomic E-state index is 0.208. The molecule has 20 heavy (non-hydrogen) atoms. The highest BCUT2D eigenvalue weighted by Crippen LogP contribution is 2.28.